The van der Waals surface area contributed by atoms with Gasteiger partial charge in [0.25, 0.3) is 5.91 Å². The second-order valence-corrected chi connectivity index (χ2v) is 8.02. The molecule has 0 aliphatic heterocycles. The van der Waals surface area contributed by atoms with E-state index >= 15 is 0 Å². The van der Waals surface area contributed by atoms with Gasteiger partial charge >= 0.3 is 0 Å². The van der Waals surface area contributed by atoms with E-state index in [0.29, 0.717) is 11.4 Å². The summed E-state index contributed by atoms with van der Waals surface area (Å²) >= 11 is 0. The number of nitrogens with zero attached hydrogens (tertiary/aromatic N) is 2. The van der Waals surface area contributed by atoms with Crippen molar-refractivity contribution in [1.29, 1.82) is 0 Å². The van der Waals surface area contributed by atoms with E-state index in [1.807, 2.05) is 84.4 Å². The first kappa shape index (κ1) is 22.3. The number of hydrogen-bond acceptors (Lipinski definition) is 3. The second kappa shape index (κ2) is 10.2. The lowest BCUT2D eigenvalue weighted by atomic mass is 10.0. The average Bonchev–Trinajstić information content (AvgIpc) is 3.22. The number of hydrogen-bond donors (Lipinski definition) is 1. The third-order valence-electron chi connectivity index (χ3n) is 5.77. The number of imidazole rings is 1. The molecule has 0 radical (unpaired) electrons. The van der Waals surface area contributed by atoms with Gasteiger partial charge in [0.15, 0.2) is 0 Å². The molecule has 0 fully saturated rings. The summed E-state index contributed by atoms with van der Waals surface area (Å²) in [5.41, 5.74) is 4.05. The van der Waals surface area contributed by atoms with Crippen molar-refractivity contribution in [2.24, 2.45) is 7.05 Å². The maximum Gasteiger partial charge on any atom is 0.270 e. The number of carbonyl (C=O) groups is 1. The maximum absolute atomic E-state index is 13.7. The molecule has 0 aliphatic carbocycles. The molecule has 5 nitrogen and oxygen atoms in total. The lowest BCUT2D eigenvalue weighted by Gasteiger charge is -2.19. The predicted molar refractivity (Wildman–Crippen MR) is 132 cm³/mol. The molecule has 4 aromatic rings. The molecular weight excluding hydrogens is 410 g/mol. The van der Waals surface area contributed by atoms with Gasteiger partial charge in [0.1, 0.15) is 23.0 Å². The number of methoxy groups -OCH3 is 1. The Morgan fingerprint density at radius 3 is 2.30 bits per heavy atom. The molecule has 1 N–H and O–H groups in total. The Bertz CT molecular complexity index is 1220. The van der Waals surface area contributed by atoms with Crippen LogP contribution in [-0.4, -0.2) is 22.6 Å². The normalized spacial score (nSPS) is 11.7. The Labute approximate surface area is 195 Å². The van der Waals surface area contributed by atoms with Gasteiger partial charge in [-0.2, -0.15) is 0 Å². The summed E-state index contributed by atoms with van der Waals surface area (Å²) in [6.45, 7) is 2.13. The molecule has 1 heterocycles. The van der Waals surface area contributed by atoms with Crippen molar-refractivity contribution in [2.45, 2.75) is 25.8 Å². The summed E-state index contributed by atoms with van der Waals surface area (Å²) in [5.74, 6) is 1.32. The Balaban J connectivity index is 1.80. The lowest BCUT2D eigenvalue weighted by Crippen LogP contribution is -2.30. The van der Waals surface area contributed by atoms with E-state index < -0.39 is 0 Å². The third kappa shape index (κ3) is 4.82. The molecule has 1 atom stereocenters. The van der Waals surface area contributed by atoms with Gasteiger partial charge in [-0.15, -0.1) is 0 Å². The summed E-state index contributed by atoms with van der Waals surface area (Å²) in [7, 11) is 3.53. The van der Waals surface area contributed by atoms with Crippen molar-refractivity contribution in [3.63, 3.8) is 0 Å². The predicted octanol–water partition coefficient (Wildman–Crippen LogP) is 6.03. The van der Waals surface area contributed by atoms with Gasteiger partial charge in [0, 0.05) is 18.2 Å². The number of nitrogens with one attached hydrogen (secondary N) is 1. The van der Waals surface area contributed by atoms with Gasteiger partial charge in [-0.25, -0.2) is 4.98 Å². The van der Waals surface area contributed by atoms with E-state index in [0.717, 1.165) is 41.1 Å². The minimum absolute atomic E-state index is 0.0723. The summed E-state index contributed by atoms with van der Waals surface area (Å²) in [6, 6.07) is 27.6. The molecule has 4 rings (SSSR count). The highest BCUT2D eigenvalue weighted by Gasteiger charge is 2.25. The van der Waals surface area contributed by atoms with E-state index in [2.05, 4.69) is 24.4 Å². The smallest absolute Gasteiger partial charge is 0.270 e. The van der Waals surface area contributed by atoms with Crippen LogP contribution in [-0.2, 0) is 7.05 Å². The molecule has 1 amide bonds. The number of ether oxygens (including phenoxy) is 1. The first-order valence-corrected chi connectivity index (χ1v) is 11.2. The molecule has 33 heavy (non-hydrogen) atoms. The van der Waals surface area contributed by atoms with Crippen LogP contribution in [0.25, 0.3) is 22.6 Å². The van der Waals surface area contributed by atoms with Gasteiger partial charge in [0.05, 0.1) is 13.2 Å². The van der Waals surface area contributed by atoms with Gasteiger partial charge < -0.3 is 14.6 Å². The van der Waals surface area contributed by atoms with Crippen molar-refractivity contribution < 1.29 is 9.53 Å². The standard InChI is InChI=1S/C28H29N3O2/c1-4-12-24(20-13-7-5-8-14-20)29-28(32)26-25(22-17-11-18-23(19-22)33-3)30-27(31(26)2)21-15-9-6-10-16-21/h5-11,13-19,24H,4,12H2,1-3H3,(H,29,32). The number of rotatable bonds is 8. The van der Waals surface area contributed by atoms with Gasteiger partial charge in [-0.05, 0) is 24.1 Å². The Morgan fingerprint density at radius 1 is 0.970 bits per heavy atom. The van der Waals surface area contributed by atoms with Crippen molar-refractivity contribution in [1.82, 2.24) is 14.9 Å². The van der Waals surface area contributed by atoms with Crippen LogP contribution in [0, 0.1) is 0 Å². The van der Waals surface area contributed by atoms with Crippen molar-refractivity contribution in [3.05, 3.63) is 96.2 Å². The average molecular weight is 440 g/mol. The van der Waals surface area contributed by atoms with Crippen LogP contribution in [0.2, 0.25) is 0 Å². The molecular formula is C28H29N3O2. The second-order valence-electron chi connectivity index (χ2n) is 8.02. The Hall–Kier alpha value is -3.86. The molecule has 0 saturated carbocycles. The van der Waals surface area contributed by atoms with Crippen LogP contribution in [0.5, 0.6) is 5.75 Å². The highest BCUT2D eigenvalue weighted by Crippen LogP contribution is 2.31. The van der Waals surface area contributed by atoms with E-state index in [1.165, 1.54) is 0 Å². The molecule has 0 bridgehead atoms. The maximum atomic E-state index is 13.7. The highest BCUT2D eigenvalue weighted by molar-refractivity contribution is 5.99. The molecule has 0 aliphatic rings. The van der Waals surface area contributed by atoms with Gasteiger partial charge in [-0.1, -0.05) is 86.1 Å². The first-order valence-electron chi connectivity index (χ1n) is 11.2. The third-order valence-corrected chi connectivity index (χ3v) is 5.77. The summed E-state index contributed by atoms with van der Waals surface area (Å²) in [4.78, 5) is 18.6. The van der Waals surface area contributed by atoms with Crippen LogP contribution >= 0.6 is 0 Å². The molecule has 168 valence electrons. The van der Waals surface area contributed by atoms with Crippen molar-refractivity contribution in [3.8, 4) is 28.4 Å². The Kier molecular flexibility index (Phi) is 6.89. The van der Waals surface area contributed by atoms with Crippen molar-refractivity contribution >= 4 is 5.91 Å². The zero-order chi connectivity index (χ0) is 23.2. The molecule has 0 saturated heterocycles. The van der Waals surface area contributed by atoms with E-state index in [9.17, 15) is 4.79 Å². The fourth-order valence-electron chi connectivity index (χ4n) is 4.10. The first-order chi connectivity index (χ1) is 16.1. The number of aromatic nitrogens is 2. The molecule has 1 unspecified atom stereocenters. The van der Waals surface area contributed by atoms with Gasteiger partial charge in [-0.3, -0.25) is 4.79 Å². The largest absolute Gasteiger partial charge is 0.497 e. The molecule has 3 aromatic carbocycles. The lowest BCUT2D eigenvalue weighted by molar-refractivity contribution is 0.0927. The molecule has 0 spiro atoms. The zero-order valence-corrected chi connectivity index (χ0v) is 19.3. The van der Waals surface area contributed by atoms with Crippen LogP contribution in [0.3, 0.4) is 0 Å². The summed E-state index contributed by atoms with van der Waals surface area (Å²) < 4.78 is 7.30. The quantitative estimate of drug-likeness (QED) is 0.364. The minimum Gasteiger partial charge on any atom is -0.497 e. The van der Waals surface area contributed by atoms with Crippen LogP contribution in [0.1, 0.15) is 41.9 Å². The SMILES string of the molecule is CCCC(NC(=O)c1c(-c2cccc(OC)c2)nc(-c2ccccc2)n1C)c1ccccc1. The van der Waals surface area contributed by atoms with E-state index in [4.69, 9.17) is 9.72 Å². The minimum atomic E-state index is -0.146. The number of carbonyl (C=O) groups excluding carboxylic acids is 1. The topological polar surface area (TPSA) is 56.1 Å². The molecule has 5 heteroatoms. The van der Waals surface area contributed by atoms with Crippen LogP contribution in [0.4, 0.5) is 0 Å². The van der Waals surface area contributed by atoms with Crippen LogP contribution < -0.4 is 10.1 Å². The Morgan fingerprint density at radius 2 is 1.64 bits per heavy atom. The highest BCUT2D eigenvalue weighted by atomic mass is 16.5. The zero-order valence-electron chi connectivity index (χ0n) is 19.3. The van der Waals surface area contributed by atoms with E-state index in [1.54, 1.807) is 7.11 Å². The van der Waals surface area contributed by atoms with Crippen molar-refractivity contribution in [2.75, 3.05) is 7.11 Å². The molecule has 1 aromatic heterocycles. The van der Waals surface area contributed by atoms with Gasteiger partial charge in [0.2, 0.25) is 0 Å². The number of amides is 1. The van der Waals surface area contributed by atoms with E-state index in [-0.39, 0.29) is 11.9 Å². The number of benzene rings is 3. The summed E-state index contributed by atoms with van der Waals surface area (Å²) in [5, 5.41) is 3.26. The fourth-order valence-corrected chi connectivity index (χ4v) is 4.10. The summed E-state index contributed by atoms with van der Waals surface area (Å²) in [6.07, 6.45) is 1.82. The monoisotopic (exact) mass is 439 g/mol. The fraction of sp³-hybridized carbons (Fsp3) is 0.214. The van der Waals surface area contributed by atoms with Crippen LogP contribution in [0.15, 0.2) is 84.9 Å².